The van der Waals surface area contributed by atoms with Crippen molar-refractivity contribution in [2.24, 2.45) is 0 Å². The van der Waals surface area contributed by atoms with Crippen LogP contribution in [0.15, 0.2) is 59.5 Å². The van der Waals surface area contributed by atoms with Crippen LogP contribution in [0.4, 0.5) is 10.1 Å². The van der Waals surface area contributed by atoms with E-state index in [0.29, 0.717) is 11.4 Å². The highest BCUT2D eigenvalue weighted by Gasteiger charge is 2.33. The lowest BCUT2D eigenvalue weighted by Crippen LogP contribution is -2.27. The molecule has 0 spiro atoms. The van der Waals surface area contributed by atoms with Gasteiger partial charge in [-0.25, -0.2) is 10.3 Å². The number of para-hydroxylation sites is 1. The van der Waals surface area contributed by atoms with Gasteiger partial charge in [-0.1, -0.05) is 18.2 Å². The number of carbonyl (C=O) groups is 1. The van der Waals surface area contributed by atoms with Crippen molar-refractivity contribution in [3.63, 3.8) is 0 Å². The Labute approximate surface area is 126 Å². The summed E-state index contributed by atoms with van der Waals surface area (Å²) < 4.78 is 19.4. The highest BCUT2D eigenvalue weighted by Crippen LogP contribution is 2.33. The highest BCUT2D eigenvalue weighted by molar-refractivity contribution is 5.95. The Morgan fingerprint density at radius 2 is 2.18 bits per heavy atom. The van der Waals surface area contributed by atoms with Gasteiger partial charge in [-0.05, 0) is 24.6 Å². The Morgan fingerprint density at radius 1 is 1.41 bits per heavy atom. The third-order valence-corrected chi connectivity index (χ3v) is 3.34. The summed E-state index contributed by atoms with van der Waals surface area (Å²) in [7, 11) is 1.25. The van der Waals surface area contributed by atoms with Gasteiger partial charge in [0.05, 0.1) is 24.6 Å². The summed E-state index contributed by atoms with van der Waals surface area (Å²) in [4.78, 5) is 16.9. The van der Waals surface area contributed by atoms with Gasteiger partial charge in [0.1, 0.15) is 5.70 Å². The first-order chi connectivity index (χ1) is 10.6. The number of rotatable bonds is 3. The first kappa shape index (κ1) is 14.2. The van der Waals surface area contributed by atoms with E-state index in [2.05, 4.69) is 10.8 Å². The molecule has 0 unspecified atom stereocenters. The van der Waals surface area contributed by atoms with Crippen LogP contribution in [0, 0.1) is 6.92 Å². The standard InChI is InChI=1S/C15H14FN3O3/c1-9-5-3-4-6-12(9)18-13-11(15(20)21-2)7-10-8-17-22-19(10)14(13)16/h3-8,17-18H,1-2H3. The number of anilines is 1. The molecule has 0 aliphatic carbocycles. The number of allylic oxidation sites excluding steroid dienone is 1. The first-order valence-corrected chi connectivity index (χ1v) is 6.57. The van der Waals surface area contributed by atoms with E-state index >= 15 is 0 Å². The van der Waals surface area contributed by atoms with Gasteiger partial charge in [0, 0.05) is 5.69 Å². The Hall–Kier alpha value is -2.80. The van der Waals surface area contributed by atoms with Gasteiger partial charge in [0.2, 0.25) is 5.95 Å². The minimum absolute atomic E-state index is 0.0120. The van der Waals surface area contributed by atoms with Gasteiger partial charge in [-0.2, -0.15) is 9.45 Å². The zero-order chi connectivity index (χ0) is 15.7. The molecule has 0 aromatic heterocycles. The van der Waals surface area contributed by atoms with Crippen molar-refractivity contribution in [2.75, 3.05) is 12.4 Å². The number of esters is 1. The van der Waals surface area contributed by atoms with Crippen LogP contribution in [-0.4, -0.2) is 18.1 Å². The predicted octanol–water partition coefficient (Wildman–Crippen LogP) is 2.25. The molecule has 2 aliphatic rings. The number of fused-ring (bicyclic) bond motifs is 1. The van der Waals surface area contributed by atoms with Crippen LogP contribution in [0.5, 0.6) is 0 Å². The van der Waals surface area contributed by atoms with Crippen molar-refractivity contribution in [1.29, 1.82) is 0 Å². The Balaban J connectivity index is 2.04. The molecule has 0 atom stereocenters. The molecule has 3 rings (SSSR count). The third-order valence-electron chi connectivity index (χ3n) is 3.34. The van der Waals surface area contributed by atoms with Crippen molar-refractivity contribution in [2.45, 2.75) is 6.92 Å². The molecule has 7 heteroatoms. The quantitative estimate of drug-likeness (QED) is 0.659. The molecule has 1 aromatic carbocycles. The summed E-state index contributed by atoms with van der Waals surface area (Å²) in [5, 5.41) is 3.89. The topological polar surface area (TPSA) is 62.8 Å². The predicted molar refractivity (Wildman–Crippen MR) is 77.2 cm³/mol. The number of nitrogens with one attached hydrogen (secondary N) is 2. The SMILES string of the molecule is COC(=O)C1=CC2=CNON2C(F)=C1Nc1ccccc1C. The molecule has 22 heavy (non-hydrogen) atoms. The number of hydroxylamine groups is 3. The number of aryl methyl sites for hydroxylation is 1. The summed E-state index contributed by atoms with van der Waals surface area (Å²) in [5.41, 5.74) is 4.46. The van der Waals surface area contributed by atoms with Crippen molar-refractivity contribution >= 4 is 11.7 Å². The molecule has 0 saturated heterocycles. The number of hydrogen-bond acceptors (Lipinski definition) is 6. The van der Waals surface area contributed by atoms with Crippen LogP contribution in [-0.2, 0) is 14.5 Å². The lowest BCUT2D eigenvalue weighted by molar-refractivity contribution is -0.141. The molecule has 114 valence electrons. The minimum atomic E-state index is -0.734. The second-order valence-corrected chi connectivity index (χ2v) is 4.73. The largest absolute Gasteiger partial charge is 0.465 e. The zero-order valence-corrected chi connectivity index (χ0v) is 12.0. The number of carbonyl (C=O) groups excluding carboxylic acids is 1. The number of hydrogen-bond donors (Lipinski definition) is 2. The second-order valence-electron chi connectivity index (χ2n) is 4.73. The number of halogens is 1. The molecule has 1 aromatic rings. The van der Waals surface area contributed by atoms with E-state index in [0.717, 1.165) is 10.6 Å². The van der Waals surface area contributed by atoms with Crippen molar-refractivity contribution < 1.29 is 18.9 Å². The normalized spacial score (nSPS) is 16.6. The van der Waals surface area contributed by atoms with Gasteiger partial charge < -0.3 is 10.1 Å². The van der Waals surface area contributed by atoms with E-state index in [4.69, 9.17) is 9.68 Å². The molecule has 6 nitrogen and oxygen atoms in total. The number of methoxy groups -OCH3 is 1. The summed E-state index contributed by atoms with van der Waals surface area (Å²) in [5.74, 6) is -1.37. The molecular formula is C15H14FN3O3. The van der Waals surface area contributed by atoms with E-state index in [1.807, 2.05) is 25.1 Å². The van der Waals surface area contributed by atoms with Crippen LogP contribution in [0.3, 0.4) is 0 Å². The van der Waals surface area contributed by atoms with Crippen LogP contribution in [0.1, 0.15) is 5.56 Å². The average molecular weight is 303 g/mol. The molecule has 2 aliphatic heterocycles. The van der Waals surface area contributed by atoms with Crippen molar-refractivity contribution in [3.8, 4) is 0 Å². The van der Waals surface area contributed by atoms with Gasteiger partial charge in [-0.15, -0.1) is 4.94 Å². The molecule has 2 N–H and O–H groups in total. The fourth-order valence-electron chi connectivity index (χ4n) is 2.17. The van der Waals surface area contributed by atoms with Gasteiger partial charge in [0.25, 0.3) is 0 Å². The molecule has 0 bridgehead atoms. The van der Waals surface area contributed by atoms with Gasteiger partial charge in [0.15, 0.2) is 0 Å². The number of nitrogens with zero attached hydrogens (tertiary/aromatic N) is 1. The Morgan fingerprint density at radius 3 is 2.91 bits per heavy atom. The molecular weight excluding hydrogens is 289 g/mol. The summed E-state index contributed by atoms with van der Waals surface area (Å²) in [6, 6.07) is 7.36. The summed E-state index contributed by atoms with van der Waals surface area (Å²) >= 11 is 0. The zero-order valence-electron chi connectivity index (χ0n) is 12.0. The average Bonchev–Trinajstić information content (AvgIpc) is 2.99. The van der Waals surface area contributed by atoms with Crippen molar-refractivity contribution in [1.82, 2.24) is 10.5 Å². The van der Waals surface area contributed by atoms with Crippen LogP contribution < -0.4 is 10.8 Å². The summed E-state index contributed by atoms with van der Waals surface area (Å²) in [6.45, 7) is 1.88. The highest BCUT2D eigenvalue weighted by atomic mass is 19.1. The van der Waals surface area contributed by atoms with Crippen LogP contribution >= 0.6 is 0 Å². The third kappa shape index (κ3) is 2.31. The lowest BCUT2D eigenvalue weighted by atomic mass is 10.1. The Bertz CT molecular complexity index is 724. The second kappa shape index (κ2) is 5.53. The molecule has 0 fully saturated rings. The lowest BCUT2D eigenvalue weighted by Gasteiger charge is -2.24. The number of benzene rings is 1. The fourth-order valence-corrected chi connectivity index (χ4v) is 2.17. The molecule has 0 saturated carbocycles. The van der Waals surface area contributed by atoms with Crippen molar-refractivity contribution in [3.05, 3.63) is 65.0 Å². The van der Waals surface area contributed by atoms with Gasteiger partial charge >= 0.3 is 5.97 Å². The monoisotopic (exact) mass is 303 g/mol. The molecule has 0 radical (unpaired) electrons. The van der Waals surface area contributed by atoms with E-state index in [1.54, 1.807) is 6.07 Å². The fraction of sp³-hybridized carbons (Fsp3) is 0.133. The maximum atomic E-state index is 14.7. The van der Waals surface area contributed by atoms with E-state index < -0.39 is 11.9 Å². The molecule has 2 heterocycles. The maximum absolute atomic E-state index is 14.7. The van der Waals surface area contributed by atoms with E-state index in [-0.39, 0.29) is 11.3 Å². The van der Waals surface area contributed by atoms with E-state index in [1.165, 1.54) is 19.4 Å². The minimum Gasteiger partial charge on any atom is -0.465 e. The Kier molecular flexibility index (Phi) is 3.56. The summed E-state index contributed by atoms with van der Waals surface area (Å²) in [6.07, 6.45) is 2.92. The first-order valence-electron chi connectivity index (χ1n) is 6.57. The maximum Gasteiger partial charge on any atom is 0.340 e. The van der Waals surface area contributed by atoms with Crippen LogP contribution in [0.25, 0.3) is 0 Å². The van der Waals surface area contributed by atoms with Crippen LogP contribution in [0.2, 0.25) is 0 Å². The molecule has 0 amide bonds. The van der Waals surface area contributed by atoms with E-state index in [9.17, 15) is 9.18 Å². The smallest absolute Gasteiger partial charge is 0.340 e. The number of ether oxygens (including phenoxy) is 1. The van der Waals surface area contributed by atoms with Gasteiger partial charge in [-0.3, -0.25) is 0 Å².